The monoisotopic (exact) mass is 266 g/mol. The molecule has 5 heteroatoms. The first-order valence-corrected chi connectivity index (χ1v) is 6.66. The first kappa shape index (κ1) is 15.3. The molecule has 5 nitrogen and oxygen atoms in total. The SMILES string of the molecule is CCCNC(=O)CCN(C(=O)c1ccoc1)C(C)C. The molecule has 1 heterocycles. The van der Waals surface area contributed by atoms with Crippen molar-refractivity contribution in [3.8, 4) is 0 Å². The summed E-state index contributed by atoms with van der Waals surface area (Å²) in [4.78, 5) is 25.5. The molecule has 0 atom stereocenters. The molecule has 1 N–H and O–H groups in total. The maximum atomic E-state index is 12.2. The Kier molecular flexibility index (Phi) is 6.12. The van der Waals surface area contributed by atoms with Gasteiger partial charge < -0.3 is 14.6 Å². The van der Waals surface area contributed by atoms with E-state index in [0.29, 0.717) is 25.1 Å². The molecule has 0 aliphatic heterocycles. The van der Waals surface area contributed by atoms with Gasteiger partial charge in [0.1, 0.15) is 6.26 Å². The number of amides is 2. The van der Waals surface area contributed by atoms with Crippen molar-refractivity contribution in [3.05, 3.63) is 24.2 Å². The van der Waals surface area contributed by atoms with E-state index in [4.69, 9.17) is 4.42 Å². The van der Waals surface area contributed by atoms with Crippen LogP contribution in [0.1, 0.15) is 44.0 Å². The quantitative estimate of drug-likeness (QED) is 0.821. The Labute approximate surface area is 114 Å². The van der Waals surface area contributed by atoms with Crippen molar-refractivity contribution in [2.45, 2.75) is 39.7 Å². The average Bonchev–Trinajstić information content (AvgIpc) is 2.89. The van der Waals surface area contributed by atoms with Crippen molar-refractivity contribution in [3.63, 3.8) is 0 Å². The zero-order valence-corrected chi connectivity index (χ0v) is 11.8. The molecular weight excluding hydrogens is 244 g/mol. The van der Waals surface area contributed by atoms with E-state index >= 15 is 0 Å². The van der Waals surface area contributed by atoms with Gasteiger partial charge in [-0.25, -0.2) is 0 Å². The third-order valence-corrected chi connectivity index (χ3v) is 2.80. The average molecular weight is 266 g/mol. The smallest absolute Gasteiger partial charge is 0.257 e. The van der Waals surface area contributed by atoms with Crippen LogP contribution in [-0.2, 0) is 4.79 Å². The number of nitrogens with zero attached hydrogens (tertiary/aromatic N) is 1. The predicted octanol–water partition coefficient (Wildman–Crippen LogP) is 2.05. The van der Waals surface area contributed by atoms with E-state index in [9.17, 15) is 9.59 Å². The highest BCUT2D eigenvalue weighted by Gasteiger charge is 2.20. The lowest BCUT2D eigenvalue weighted by Gasteiger charge is -2.26. The molecule has 1 aromatic rings. The molecular formula is C14H22N2O3. The molecule has 0 spiro atoms. The minimum Gasteiger partial charge on any atom is -0.472 e. The third-order valence-electron chi connectivity index (χ3n) is 2.80. The van der Waals surface area contributed by atoms with Gasteiger partial charge in [0.15, 0.2) is 0 Å². The van der Waals surface area contributed by atoms with Gasteiger partial charge in [0, 0.05) is 25.6 Å². The summed E-state index contributed by atoms with van der Waals surface area (Å²) in [6, 6.07) is 1.68. The van der Waals surface area contributed by atoms with Crippen LogP contribution >= 0.6 is 0 Å². The summed E-state index contributed by atoms with van der Waals surface area (Å²) in [6.45, 7) is 6.96. The van der Waals surface area contributed by atoms with Gasteiger partial charge in [-0.2, -0.15) is 0 Å². The Morgan fingerprint density at radius 1 is 1.42 bits per heavy atom. The van der Waals surface area contributed by atoms with Crippen LogP contribution in [0.5, 0.6) is 0 Å². The van der Waals surface area contributed by atoms with Gasteiger partial charge in [-0.05, 0) is 26.3 Å². The molecule has 0 unspecified atom stereocenters. The lowest BCUT2D eigenvalue weighted by atomic mass is 10.2. The molecule has 0 aliphatic rings. The maximum absolute atomic E-state index is 12.2. The Morgan fingerprint density at radius 3 is 2.68 bits per heavy atom. The van der Waals surface area contributed by atoms with Crippen molar-refractivity contribution >= 4 is 11.8 Å². The number of hydrogen-bond donors (Lipinski definition) is 1. The second-order valence-corrected chi connectivity index (χ2v) is 4.70. The lowest BCUT2D eigenvalue weighted by molar-refractivity contribution is -0.121. The Balaban J connectivity index is 2.54. The molecule has 2 amide bonds. The summed E-state index contributed by atoms with van der Waals surface area (Å²) in [5.41, 5.74) is 0.516. The largest absolute Gasteiger partial charge is 0.472 e. The van der Waals surface area contributed by atoms with E-state index in [1.165, 1.54) is 12.5 Å². The van der Waals surface area contributed by atoms with Crippen LogP contribution in [0, 0.1) is 0 Å². The van der Waals surface area contributed by atoms with Crippen molar-refractivity contribution in [1.29, 1.82) is 0 Å². The summed E-state index contributed by atoms with van der Waals surface area (Å²) < 4.78 is 4.92. The zero-order valence-electron chi connectivity index (χ0n) is 11.8. The van der Waals surface area contributed by atoms with Crippen LogP contribution in [0.4, 0.5) is 0 Å². The summed E-state index contributed by atoms with van der Waals surface area (Å²) in [5.74, 6) is -0.125. The van der Waals surface area contributed by atoms with Crippen molar-refractivity contribution in [2.75, 3.05) is 13.1 Å². The van der Waals surface area contributed by atoms with Crippen molar-refractivity contribution in [2.24, 2.45) is 0 Å². The van der Waals surface area contributed by atoms with E-state index in [0.717, 1.165) is 6.42 Å². The standard InChI is InChI=1S/C14H22N2O3/c1-4-7-15-13(17)5-8-16(11(2)3)14(18)12-6-9-19-10-12/h6,9-11H,4-5,7-8H2,1-3H3,(H,15,17). The van der Waals surface area contributed by atoms with E-state index in [-0.39, 0.29) is 17.9 Å². The lowest BCUT2D eigenvalue weighted by Crippen LogP contribution is -2.39. The van der Waals surface area contributed by atoms with Gasteiger partial charge in [0.2, 0.25) is 5.91 Å². The molecule has 106 valence electrons. The van der Waals surface area contributed by atoms with Crippen LogP contribution in [0.25, 0.3) is 0 Å². The predicted molar refractivity (Wildman–Crippen MR) is 72.8 cm³/mol. The van der Waals surface area contributed by atoms with Crippen molar-refractivity contribution in [1.82, 2.24) is 10.2 Å². The molecule has 0 fully saturated rings. The Hall–Kier alpha value is -1.78. The van der Waals surface area contributed by atoms with Gasteiger partial charge in [-0.3, -0.25) is 9.59 Å². The minimum atomic E-state index is -0.105. The van der Waals surface area contributed by atoms with Crippen LogP contribution in [0.15, 0.2) is 23.0 Å². The zero-order chi connectivity index (χ0) is 14.3. The summed E-state index contributed by atoms with van der Waals surface area (Å²) in [6.07, 6.45) is 4.13. The van der Waals surface area contributed by atoms with Crippen molar-refractivity contribution < 1.29 is 14.0 Å². The molecule has 0 aromatic carbocycles. The minimum absolute atomic E-state index is 0.0208. The fourth-order valence-corrected chi connectivity index (χ4v) is 1.72. The summed E-state index contributed by atoms with van der Waals surface area (Å²) in [7, 11) is 0. The molecule has 0 saturated heterocycles. The molecule has 19 heavy (non-hydrogen) atoms. The first-order chi connectivity index (χ1) is 9.06. The normalized spacial score (nSPS) is 10.5. The Morgan fingerprint density at radius 2 is 2.16 bits per heavy atom. The second kappa shape index (κ2) is 7.61. The van der Waals surface area contributed by atoms with Gasteiger partial charge in [0.05, 0.1) is 11.8 Å². The molecule has 0 radical (unpaired) electrons. The number of nitrogens with one attached hydrogen (secondary N) is 1. The molecule has 1 aromatic heterocycles. The van der Waals surface area contributed by atoms with Crippen LogP contribution in [0.2, 0.25) is 0 Å². The van der Waals surface area contributed by atoms with Crippen LogP contribution in [-0.4, -0.2) is 35.8 Å². The van der Waals surface area contributed by atoms with Gasteiger partial charge >= 0.3 is 0 Å². The first-order valence-electron chi connectivity index (χ1n) is 6.66. The summed E-state index contributed by atoms with van der Waals surface area (Å²) >= 11 is 0. The van der Waals surface area contributed by atoms with Crippen LogP contribution in [0.3, 0.4) is 0 Å². The molecule has 1 rings (SSSR count). The number of furan rings is 1. The fourth-order valence-electron chi connectivity index (χ4n) is 1.72. The van der Waals surface area contributed by atoms with E-state index in [1.54, 1.807) is 11.0 Å². The highest BCUT2D eigenvalue weighted by atomic mass is 16.3. The van der Waals surface area contributed by atoms with Crippen LogP contribution < -0.4 is 5.32 Å². The number of rotatable bonds is 7. The molecule has 0 saturated carbocycles. The topological polar surface area (TPSA) is 62.6 Å². The third kappa shape index (κ3) is 4.77. The number of hydrogen-bond acceptors (Lipinski definition) is 3. The fraction of sp³-hybridized carbons (Fsp3) is 0.571. The summed E-state index contributed by atoms with van der Waals surface area (Å²) in [5, 5.41) is 2.80. The molecule has 0 aliphatic carbocycles. The number of carbonyl (C=O) groups excluding carboxylic acids is 2. The maximum Gasteiger partial charge on any atom is 0.257 e. The second-order valence-electron chi connectivity index (χ2n) is 4.70. The number of carbonyl (C=O) groups is 2. The van der Waals surface area contributed by atoms with E-state index in [2.05, 4.69) is 5.32 Å². The highest BCUT2D eigenvalue weighted by molar-refractivity contribution is 5.94. The van der Waals surface area contributed by atoms with Gasteiger partial charge in [-0.15, -0.1) is 0 Å². The van der Waals surface area contributed by atoms with E-state index in [1.807, 2.05) is 20.8 Å². The highest BCUT2D eigenvalue weighted by Crippen LogP contribution is 2.09. The Bertz CT molecular complexity index is 399. The van der Waals surface area contributed by atoms with E-state index < -0.39 is 0 Å². The van der Waals surface area contributed by atoms with Gasteiger partial charge in [0.25, 0.3) is 5.91 Å². The molecule has 0 bridgehead atoms. The van der Waals surface area contributed by atoms with Gasteiger partial charge in [-0.1, -0.05) is 6.92 Å².